The summed E-state index contributed by atoms with van der Waals surface area (Å²) in [4.78, 5) is 9.02. The molecule has 3 heteroatoms. The fourth-order valence-corrected chi connectivity index (χ4v) is 2.23. The lowest BCUT2D eigenvalue weighted by molar-refractivity contribution is 0.956. The molecule has 3 aromatic rings. The zero-order valence-electron chi connectivity index (χ0n) is 10.8. The molecule has 0 aliphatic rings. The van der Waals surface area contributed by atoms with Crippen LogP contribution < -0.4 is 0 Å². The smallest absolute Gasteiger partial charge is 0.138 e. The van der Waals surface area contributed by atoms with Crippen molar-refractivity contribution in [3.05, 3.63) is 53.5 Å². The molecule has 0 saturated carbocycles. The van der Waals surface area contributed by atoms with E-state index in [2.05, 4.69) is 40.5 Å². The summed E-state index contributed by atoms with van der Waals surface area (Å²) in [6.07, 6.45) is 1.81. The zero-order chi connectivity index (χ0) is 12.7. The Hall–Kier alpha value is -2.16. The van der Waals surface area contributed by atoms with Crippen molar-refractivity contribution in [3.8, 4) is 5.82 Å². The Balaban J connectivity index is 2.36. The summed E-state index contributed by atoms with van der Waals surface area (Å²) in [6, 6.07) is 10.2. The minimum atomic E-state index is 0.917. The van der Waals surface area contributed by atoms with E-state index < -0.39 is 0 Å². The highest BCUT2D eigenvalue weighted by Gasteiger charge is 2.10. The summed E-state index contributed by atoms with van der Waals surface area (Å²) in [5.74, 6) is 1.88. The molecule has 0 saturated heterocycles. The van der Waals surface area contributed by atoms with Crippen molar-refractivity contribution >= 4 is 11.0 Å². The fourth-order valence-electron chi connectivity index (χ4n) is 2.23. The summed E-state index contributed by atoms with van der Waals surface area (Å²) >= 11 is 0. The molecule has 0 amide bonds. The number of imidazole rings is 1. The van der Waals surface area contributed by atoms with Crippen LogP contribution in [0.2, 0.25) is 0 Å². The van der Waals surface area contributed by atoms with E-state index >= 15 is 0 Å². The van der Waals surface area contributed by atoms with Crippen molar-refractivity contribution in [3.63, 3.8) is 0 Å². The summed E-state index contributed by atoms with van der Waals surface area (Å²) < 4.78 is 2.10. The molecule has 2 heterocycles. The topological polar surface area (TPSA) is 30.7 Å². The van der Waals surface area contributed by atoms with Gasteiger partial charge >= 0.3 is 0 Å². The van der Waals surface area contributed by atoms with Crippen LogP contribution in [0.15, 0.2) is 36.5 Å². The number of hydrogen-bond donors (Lipinski definition) is 0. The van der Waals surface area contributed by atoms with Gasteiger partial charge in [0.05, 0.1) is 11.0 Å². The Labute approximate surface area is 106 Å². The first-order chi connectivity index (χ1) is 8.66. The van der Waals surface area contributed by atoms with Gasteiger partial charge in [-0.25, -0.2) is 9.97 Å². The molecule has 0 fully saturated rings. The molecular weight excluding hydrogens is 222 g/mol. The molecule has 0 N–H and O–H groups in total. The van der Waals surface area contributed by atoms with E-state index in [1.807, 2.05) is 31.3 Å². The molecule has 1 aromatic carbocycles. The van der Waals surface area contributed by atoms with Crippen molar-refractivity contribution in [2.24, 2.45) is 0 Å². The monoisotopic (exact) mass is 237 g/mol. The quantitative estimate of drug-likeness (QED) is 0.650. The van der Waals surface area contributed by atoms with E-state index in [0.717, 1.165) is 22.7 Å². The summed E-state index contributed by atoms with van der Waals surface area (Å²) in [6.45, 7) is 6.25. The van der Waals surface area contributed by atoms with Crippen molar-refractivity contribution in [2.45, 2.75) is 20.8 Å². The maximum atomic E-state index is 4.61. The van der Waals surface area contributed by atoms with Gasteiger partial charge in [0.25, 0.3) is 0 Å². The van der Waals surface area contributed by atoms with E-state index in [-0.39, 0.29) is 0 Å². The molecule has 0 unspecified atom stereocenters. The van der Waals surface area contributed by atoms with Gasteiger partial charge in [-0.15, -0.1) is 0 Å². The molecule has 0 spiro atoms. The fraction of sp³-hybridized carbons (Fsp3) is 0.200. The minimum absolute atomic E-state index is 0.917. The third kappa shape index (κ3) is 1.59. The average Bonchev–Trinajstić information content (AvgIpc) is 2.66. The predicted molar refractivity (Wildman–Crippen MR) is 73.1 cm³/mol. The summed E-state index contributed by atoms with van der Waals surface area (Å²) in [5, 5.41) is 0. The number of hydrogen-bond acceptors (Lipinski definition) is 2. The van der Waals surface area contributed by atoms with Crippen LogP contribution >= 0.6 is 0 Å². The third-order valence-electron chi connectivity index (χ3n) is 3.32. The van der Waals surface area contributed by atoms with Crippen molar-refractivity contribution in [1.82, 2.24) is 14.5 Å². The van der Waals surface area contributed by atoms with Crippen LogP contribution in [0.1, 0.15) is 17.0 Å². The second kappa shape index (κ2) is 3.95. The van der Waals surface area contributed by atoms with Gasteiger partial charge in [-0.1, -0.05) is 6.07 Å². The van der Waals surface area contributed by atoms with Crippen molar-refractivity contribution in [2.75, 3.05) is 0 Å². The highest BCUT2D eigenvalue weighted by molar-refractivity contribution is 5.79. The van der Waals surface area contributed by atoms with Gasteiger partial charge < -0.3 is 0 Å². The van der Waals surface area contributed by atoms with Gasteiger partial charge in [0.1, 0.15) is 11.6 Å². The Kier molecular flexibility index (Phi) is 2.40. The van der Waals surface area contributed by atoms with E-state index in [1.165, 1.54) is 11.1 Å². The molecule has 0 radical (unpaired) electrons. The van der Waals surface area contributed by atoms with Gasteiger partial charge in [-0.05, 0) is 56.2 Å². The molecule has 3 rings (SSSR count). The highest BCUT2D eigenvalue weighted by Crippen LogP contribution is 2.23. The van der Waals surface area contributed by atoms with E-state index in [4.69, 9.17) is 0 Å². The van der Waals surface area contributed by atoms with Gasteiger partial charge in [-0.3, -0.25) is 4.57 Å². The number of benzene rings is 1. The number of nitrogens with zero attached hydrogens (tertiary/aromatic N) is 3. The SMILES string of the molecule is Cc1cc2nc(C)n(-c3ccccn3)c2cc1C. The maximum Gasteiger partial charge on any atom is 0.138 e. The number of pyridine rings is 1. The van der Waals surface area contributed by atoms with Crippen LogP contribution in [0.4, 0.5) is 0 Å². The largest absolute Gasteiger partial charge is 0.281 e. The lowest BCUT2D eigenvalue weighted by Crippen LogP contribution is -1.99. The van der Waals surface area contributed by atoms with Crippen LogP contribution in [0.25, 0.3) is 16.9 Å². The molecule has 0 aliphatic heterocycles. The first-order valence-corrected chi connectivity index (χ1v) is 6.04. The molecule has 3 nitrogen and oxygen atoms in total. The van der Waals surface area contributed by atoms with Gasteiger partial charge in [0.2, 0.25) is 0 Å². The Morgan fingerprint density at radius 2 is 1.78 bits per heavy atom. The molecular formula is C15H15N3. The van der Waals surface area contributed by atoms with Gasteiger partial charge in [-0.2, -0.15) is 0 Å². The molecule has 0 atom stereocenters. The second-order valence-corrected chi connectivity index (χ2v) is 4.61. The number of aromatic nitrogens is 3. The first-order valence-electron chi connectivity index (χ1n) is 6.04. The Morgan fingerprint density at radius 3 is 2.50 bits per heavy atom. The normalized spacial score (nSPS) is 11.1. The van der Waals surface area contributed by atoms with Crippen molar-refractivity contribution in [1.29, 1.82) is 0 Å². The summed E-state index contributed by atoms with van der Waals surface area (Å²) in [5.41, 5.74) is 4.70. The molecule has 0 aliphatic carbocycles. The van der Waals surface area contributed by atoms with Crippen LogP contribution in [-0.2, 0) is 0 Å². The lowest BCUT2D eigenvalue weighted by atomic mass is 10.1. The minimum Gasteiger partial charge on any atom is -0.281 e. The zero-order valence-corrected chi connectivity index (χ0v) is 10.8. The van der Waals surface area contributed by atoms with Crippen LogP contribution in [-0.4, -0.2) is 14.5 Å². The number of fused-ring (bicyclic) bond motifs is 1. The Morgan fingerprint density at radius 1 is 1.00 bits per heavy atom. The van der Waals surface area contributed by atoms with E-state index in [9.17, 15) is 0 Å². The number of rotatable bonds is 1. The molecule has 2 aromatic heterocycles. The predicted octanol–water partition coefficient (Wildman–Crippen LogP) is 3.35. The van der Waals surface area contributed by atoms with Crippen LogP contribution in [0.5, 0.6) is 0 Å². The lowest BCUT2D eigenvalue weighted by Gasteiger charge is -2.06. The first kappa shape index (κ1) is 11.0. The second-order valence-electron chi connectivity index (χ2n) is 4.61. The van der Waals surface area contributed by atoms with E-state index in [1.54, 1.807) is 0 Å². The van der Waals surface area contributed by atoms with E-state index in [0.29, 0.717) is 0 Å². The molecule has 0 bridgehead atoms. The third-order valence-corrected chi connectivity index (χ3v) is 3.32. The van der Waals surface area contributed by atoms with Crippen LogP contribution in [0.3, 0.4) is 0 Å². The Bertz CT molecular complexity index is 711. The van der Waals surface area contributed by atoms with Crippen molar-refractivity contribution < 1.29 is 0 Å². The molecule has 18 heavy (non-hydrogen) atoms. The standard InChI is InChI=1S/C15H15N3/c1-10-8-13-14(9-11(10)2)18(12(3)17-13)15-6-4-5-7-16-15/h4-9H,1-3H3. The van der Waals surface area contributed by atoms with Gasteiger partial charge in [0.15, 0.2) is 0 Å². The van der Waals surface area contributed by atoms with Gasteiger partial charge in [0, 0.05) is 6.20 Å². The maximum absolute atomic E-state index is 4.61. The highest BCUT2D eigenvalue weighted by atomic mass is 15.1. The summed E-state index contributed by atoms with van der Waals surface area (Å²) in [7, 11) is 0. The molecule has 90 valence electrons. The number of aryl methyl sites for hydroxylation is 3. The van der Waals surface area contributed by atoms with Crippen LogP contribution in [0, 0.1) is 20.8 Å². The average molecular weight is 237 g/mol.